The molecule has 1 aliphatic rings. The number of likely N-dealkylation sites (tertiary alicyclic amines) is 1. The van der Waals surface area contributed by atoms with Crippen LogP contribution in [0.4, 0.5) is 13.2 Å². The Kier molecular flexibility index (Phi) is 11.3. The van der Waals surface area contributed by atoms with Gasteiger partial charge in [-0.2, -0.15) is 13.2 Å². The summed E-state index contributed by atoms with van der Waals surface area (Å²) in [6, 6.07) is 3.79. The molecule has 2 atom stereocenters. The van der Waals surface area contributed by atoms with E-state index in [4.69, 9.17) is 9.41 Å². The summed E-state index contributed by atoms with van der Waals surface area (Å²) in [5, 5.41) is 6.49. The van der Waals surface area contributed by atoms with E-state index in [-0.39, 0.29) is 36.1 Å². The lowest BCUT2D eigenvalue weighted by Crippen LogP contribution is -2.45. The van der Waals surface area contributed by atoms with Gasteiger partial charge in [-0.15, -0.1) is 24.0 Å². The van der Waals surface area contributed by atoms with Crippen molar-refractivity contribution in [3.63, 3.8) is 0 Å². The number of hydrogen-bond acceptors (Lipinski definition) is 4. The average molecular weight is 531 g/mol. The topological polar surface area (TPSA) is 56.0 Å². The van der Waals surface area contributed by atoms with Gasteiger partial charge < -0.3 is 15.1 Å². The van der Waals surface area contributed by atoms with Crippen LogP contribution >= 0.6 is 24.0 Å². The standard InChI is InChI=1S/C19H32F3N5O.HI/c1-4-23-18(25-15-9-10-26(13-15)14-19(20,21)22)24-12-16(27(5-2)6-3)17-8-7-11-28-17;/h7-8,11,15-16H,4-6,9-10,12-14H2,1-3H3,(H2,23,24,25);1H. The molecule has 29 heavy (non-hydrogen) atoms. The Labute approximate surface area is 188 Å². The zero-order valence-electron chi connectivity index (χ0n) is 17.3. The van der Waals surface area contributed by atoms with Crippen molar-refractivity contribution < 1.29 is 17.6 Å². The highest BCUT2D eigenvalue weighted by atomic mass is 127. The molecule has 1 aliphatic heterocycles. The molecule has 1 saturated heterocycles. The molecule has 168 valence electrons. The lowest BCUT2D eigenvalue weighted by Gasteiger charge is -2.27. The third kappa shape index (κ3) is 8.71. The largest absolute Gasteiger partial charge is 0.468 e. The second-order valence-corrected chi connectivity index (χ2v) is 6.95. The zero-order chi connectivity index (χ0) is 20.6. The number of guanidine groups is 1. The van der Waals surface area contributed by atoms with Crippen LogP contribution in [-0.2, 0) is 0 Å². The lowest BCUT2D eigenvalue weighted by molar-refractivity contribution is -0.143. The van der Waals surface area contributed by atoms with E-state index in [1.54, 1.807) is 6.26 Å². The number of rotatable bonds is 9. The Morgan fingerprint density at radius 2 is 2.07 bits per heavy atom. The van der Waals surface area contributed by atoms with E-state index in [2.05, 4.69) is 29.4 Å². The minimum Gasteiger partial charge on any atom is -0.468 e. The fraction of sp³-hybridized carbons (Fsp3) is 0.737. The van der Waals surface area contributed by atoms with Crippen molar-refractivity contribution in [3.8, 4) is 0 Å². The predicted octanol–water partition coefficient (Wildman–Crippen LogP) is 3.47. The molecular formula is C19H33F3IN5O. The molecule has 0 radical (unpaired) electrons. The highest BCUT2D eigenvalue weighted by Gasteiger charge is 2.34. The molecule has 0 amide bonds. The molecule has 1 aromatic rings. The van der Waals surface area contributed by atoms with Gasteiger partial charge in [-0.05, 0) is 38.6 Å². The Balaban J connectivity index is 0.00000420. The molecule has 2 heterocycles. The minimum atomic E-state index is -4.16. The van der Waals surface area contributed by atoms with Crippen LogP contribution in [0.3, 0.4) is 0 Å². The summed E-state index contributed by atoms with van der Waals surface area (Å²) >= 11 is 0. The van der Waals surface area contributed by atoms with Gasteiger partial charge in [-0.1, -0.05) is 13.8 Å². The molecule has 1 fully saturated rings. The van der Waals surface area contributed by atoms with Gasteiger partial charge in [0.05, 0.1) is 25.4 Å². The molecule has 0 spiro atoms. The van der Waals surface area contributed by atoms with Gasteiger partial charge in [0.25, 0.3) is 0 Å². The molecule has 0 aromatic carbocycles. The third-order valence-electron chi connectivity index (χ3n) is 4.91. The van der Waals surface area contributed by atoms with Gasteiger partial charge in [0.1, 0.15) is 5.76 Å². The fourth-order valence-electron chi connectivity index (χ4n) is 3.57. The number of hydrogen-bond donors (Lipinski definition) is 2. The van der Waals surface area contributed by atoms with Crippen LogP contribution in [0, 0.1) is 0 Å². The number of aliphatic imine (C=N–C) groups is 1. The van der Waals surface area contributed by atoms with Gasteiger partial charge in [0.2, 0.25) is 0 Å². The molecule has 1 aromatic heterocycles. The molecule has 10 heteroatoms. The van der Waals surface area contributed by atoms with Crippen LogP contribution in [0.2, 0.25) is 0 Å². The molecule has 0 aliphatic carbocycles. The molecule has 0 saturated carbocycles. The van der Waals surface area contributed by atoms with E-state index < -0.39 is 12.7 Å². The van der Waals surface area contributed by atoms with E-state index in [0.29, 0.717) is 38.6 Å². The maximum Gasteiger partial charge on any atom is 0.401 e. The fourth-order valence-corrected chi connectivity index (χ4v) is 3.57. The highest BCUT2D eigenvalue weighted by molar-refractivity contribution is 14.0. The summed E-state index contributed by atoms with van der Waals surface area (Å²) in [6.45, 7) is 9.03. The van der Waals surface area contributed by atoms with Gasteiger partial charge >= 0.3 is 6.18 Å². The summed E-state index contributed by atoms with van der Waals surface area (Å²) in [5.41, 5.74) is 0. The summed E-state index contributed by atoms with van der Waals surface area (Å²) in [7, 11) is 0. The smallest absolute Gasteiger partial charge is 0.401 e. The zero-order valence-corrected chi connectivity index (χ0v) is 19.7. The monoisotopic (exact) mass is 531 g/mol. The second-order valence-electron chi connectivity index (χ2n) is 6.95. The first-order chi connectivity index (χ1) is 13.4. The van der Waals surface area contributed by atoms with Gasteiger partial charge in [0, 0.05) is 25.7 Å². The Morgan fingerprint density at radius 3 is 2.62 bits per heavy atom. The van der Waals surface area contributed by atoms with E-state index in [1.165, 1.54) is 4.90 Å². The quantitative estimate of drug-likeness (QED) is 0.291. The Morgan fingerprint density at radius 1 is 1.34 bits per heavy atom. The maximum absolute atomic E-state index is 12.6. The lowest BCUT2D eigenvalue weighted by atomic mass is 10.2. The Hall–Kier alpha value is -1.01. The summed E-state index contributed by atoms with van der Waals surface area (Å²) in [6.07, 6.45) is -1.83. The van der Waals surface area contributed by atoms with E-state index in [0.717, 1.165) is 18.8 Å². The van der Waals surface area contributed by atoms with Crippen molar-refractivity contribution in [2.24, 2.45) is 4.99 Å². The van der Waals surface area contributed by atoms with E-state index >= 15 is 0 Å². The first-order valence-electron chi connectivity index (χ1n) is 9.97. The number of halogens is 4. The summed E-state index contributed by atoms with van der Waals surface area (Å²) in [5.74, 6) is 1.49. The van der Waals surface area contributed by atoms with E-state index in [1.807, 2.05) is 19.1 Å². The van der Waals surface area contributed by atoms with Crippen molar-refractivity contribution in [1.29, 1.82) is 0 Å². The number of furan rings is 1. The molecule has 2 N–H and O–H groups in total. The van der Waals surface area contributed by atoms with Crippen molar-refractivity contribution in [2.75, 3.05) is 45.8 Å². The number of nitrogens with zero attached hydrogens (tertiary/aromatic N) is 3. The second kappa shape index (κ2) is 12.6. The first-order valence-corrected chi connectivity index (χ1v) is 9.97. The van der Waals surface area contributed by atoms with Crippen LogP contribution in [0.25, 0.3) is 0 Å². The minimum absolute atomic E-state index is 0. The predicted molar refractivity (Wildman–Crippen MR) is 120 cm³/mol. The van der Waals surface area contributed by atoms with Gasteiger partial charge in [0.15, 0.2) is 5.96 Å². The normalized spacial score (nSPS) is 19.3. The summed E-state index contributed by atoms with van der Waals surface area (Å²) < 4.78 is 43.4. The summed E-state index contributed by atoms with van der Waals surface area (Å²) in [4.78, 5) is 8.41. The van der Waals surface area contributed by atoms with Crippen molar-refractivity contribution in [1.82, 2.24) is 20.4 Å². The van der Waals surface area contributed by atoms with Crippen LogP contribution in [0.1, 0.15) is 39.0 Å². The maximum atomic E-state index is 12.6. The van der Waals surface area contributed by atoms with Crippen LogP contribution in [-0.4, -0.2) is 73.8 Å². The highest BCUT2D eigenvalue weighted by Crippen LogP contribution is 2.22. The molecular weight excluding hydrogens is 498 g/mol. The Bertz CT molecular complexity index is 593. The molecule has 6 nitrogen and oxygen atoms in total. The number of alkyl halides is 3. The van der Waals surface area contributed by atoms with Crippen molar-refractivity contribution >= 4 is 29.9 Å². The van der Waals surface area contributed by atoms with Crippen LogP contribution in [0.5, 0.6) is 0 Å². The molecule has 0 bridgehead atoms. The first kappa shape index (κ1) is 26.0. The van der Waals surface area contributed by atoms with E-state index in [9.17, 15) is 13.2 Å². The van der Waals surface area contributed by atoms with Crippen molar-refractivity contribution in [3.05, 3.63) is 24.2 Å². The third-order valence-corrected chi connectivity index (χ3v) is 4.91. The van der Waals surface area contributed by atoms with Crippen LogP contribution in [0.15, 0.2) is 27.8 Å². The van der Waals surface area contributed by atoms with Gasteiger partial charge in [-0.3, -0.25) is 14.8 Å². The van der Waals surface area contributed by atoms with Gasteiger partial charge in [-0.25, -0.2) is 0 Å². The van der Waals surface area contributed by atoms with Crippen LogP contribution < -0.4 is 10.6 Å². The number of nitrogens with one attached hydrogen (secondary N) is 2. The molecule has 2 rings (SSSR count). The van der Waals surface area contributed by atoms with Crippen molar-refractivity contribution in [2.45, 2.75) is 45.5 Å². The SMILES string of the molecule is CCNC(=NCC(c1ccco1)N(CC)CC)NC1CCN(CC(F)(F)F)C1.I. The number of likely N-dealkylation sites (N-methyl/N-ethyl adjacent to an activating group) is 1. The molecule has 2 unspecified atom stereocenters. The average Bonchev–Trinajstić information content (AvgIpc) is 3.29.